The van der Waals surface area contributed by atoms with Crippen LogP contribution in [-0.2, 0) is 21.9 Å². The summed E-state index contributed by atoms with van der Waals surface area (Å²) in [5.74, 6) is 0.636. The first-order valence-electron chi connectivity index (χ1n) is 12.0. The maximum atomic E-state index is 13.3. The Morgan fingerprint density at radius 2 is 1.56 bits per heavy atom. The molecule has 0 saturated carbocycles. The number of rotatable bonds is 5. The van der Waals surface area contributed by atoms with Crippen LogP contribution in [0.15, 0.2) is 46.3 Å². The number of amides is 1. The summed E-state index contributed by atoms with van der Waals surface area (Å²) < 4.78 is 27.1. The highest BCUT2D eigenvalue weighted by Gasteiger charge is 2.29. The van der Waals surface area contributed by atoms with E-state index in [4.69, 9.17) is 0 Å². The number of carbonyl (C=O) groups is 1. The zero-order valence-corrected chi connectivity index (χ0v) is 21.7. The third-order valence-corrected chi connectivity index (χ3v) is 8.79. The first kappa shape index (κ1) is 24.6. The van der Waals surface area contributed by atoms with Crippen molar-refractivity contribution < 1.29 is 13.2 Å². The minimum atomic E-state index is -3.49. The monoisotopic (exact) mass is 481 g/mol. The fourth-order valence-corrected chi connectivity index (χ4v) is 6.25. The lowest BCUT2D eigenvalue weighted by Crippen LogP contribution is -2.35. The van der Waals surface area contributed by atoms with Crippen molar-refractivity contribution in [3.05, 3.63) is 64.2 Å². The first-order chi connectivity index (χ1) is 16.0. The van der Waals surface area contributed by atoms with Gasteiger partial charge in [0.1, 0.15) is 5.84 Å². The molecule has 0 spiro atoms. The van der Waals surface area contributed by atoms with Crippen molar-refractivity contribution in [2.75, 3.05) is 26.2 Å². The van der Waals surface area contributed by atoms with Gasteiger partial charge in [0, 0.05) is 31.6 Å². The van der Waals surface area contributed by atoms with Gasteiger partial charge in [-0.25, -0.2) is 8.42 Å². The normalized spacial score (nSPS) is 17.3. The van der Waals surface area contributed by atoms with E-state index in [1.165, 1.54) is 26.6 Å². The maximum absolute atomic E-state index is 13.3. The van der Waals surface area contributed by atoms with Crippen LogP contribution in [0.3, 0.4) is 0 Å². The van der Waals surface area contributed by atoms with E-state index in [2.05, 4.69) is 51.7 Å². The second-order valence-electron chi connectivity index (χ2n) is 10.4. The van der Waals surface area contributed by atoms with Crippen LogP contribution in [0.1, 0.15) is 66.2 Å². The summed E-state index contributed by atoms with van der Waals surface area (Å²) in [7, 11) is -3.49. The van der Waals surface area contributed by atoms with Crippen LogP contribution in [0, 0.1) is 13.8 Å². The molecule has 1 saturated heterocycles. The number of nitrogens with zero attached hydrogens (tertiary/aromatic N) is 3. The van der Waals surface area contributed by atoms with Gasteiger partial charge in [-0.3, -0.25) is 14.7 Å². The molecular formula is C27H35N3O3S. The van der Waals surface area contributed by atoms with Crippen molar-refractivity contribution in [3.8, 4) is 0 Å². The fraction of sp³-hybridized carbons (Fsp3) is 0.481. The van der Waals surface area contributed by atoms with Gasteiger partial charge in [-0.05, 0) is 78.6 Å². The molecule has 2 aromatic rings. The van der Waals surface area contributed by atoms with Gasteiger partial charge in [0.15, 0.2) is 0 Å². The quantitative estimate of drug-likeness (QED) is 0.632. The zero-order valence-electron chi connectivity index (χ0n) is 20.9. The van der Waals surface area contributed by atoms with Gasteiger partial charge in [-0.1, -0.05) is 32.9 Å². The molecular weight excluding hydrogens is 446 g/mol. The lowest BCUT2D eigenvalue weighted by molar-refractivity contribution is 0.0856. The van der Waals surface area contributed by atoms with Gasteiger partial charge in [0.2, 0.25) is 10.0 Å². The maximum Gasteiger partial charge on any atom is 0.259 e. The molecule has 0 N–H and O–H groups in total. The Hall–Kier alpha value is -2.51. The van der Waals surface area contributed by atoms with Crippen molar-refractivity contribution in [1.29, 1.82) is 0 Å². The van der Waals surface area contributed by atoms with E-state index in [0.29, 0.717) is 38.2 Å². The molecule has 0 radical (unpaired) electrons. The largest absolute Gasteiger partial charge is 0.294 e. The van der Waals surface area contributed by atoms with Crippen LogP contribution < -0.4 is 0 Å². The molecule has 0 bridgehead atoms. The van der Waals surface area contributed by atoms with Crippen LogP contribution in [-0.4, -0.2) is 55.5 Å². The molecule has 6 nitrogen and oxygen atoms in total. The molecule has 2 aromatic carbocycles. The predicted octanol–water partition coefficient (Wildman–Crippen LogP) is 4.48. The number of benzene rings is 2. The average Bonchev–Trinajstić information content (AvgIpc) is 3.47. The first-order valence-corrected chi connectivity index (χ1v) is 13.5. The summed E-state index contributed by atoms with van der Waals surface area (Å²) in [5.41, 5.74) is 5.49. The standard InChI is InChI=1S/C27H35N3O3S/c1-19-16-22(27(3,4)5)17-20(2)24(19)18-25-28-12-15-30(25)26(31)21-8-10-23(11-9-21)34(32,33)29-13-6-7-14-29/h8-11,16-17H,6-7,12-15,18H2,1-5H3. The SMILES string of the molecule is Cc1cc(C(C)(C)C)cc(C)c1CC1=NCCN1C(=O)c1ccc(S(=O)(=O)N2CCCC2)cc1. The molecule has 1 fully saturated rings. The molecule has 0 aromatic heterocycles. The summed E-state index contributed by atoms with van der Waals surface area (Å²) in [5, 5.41) is 0. The molecule has 2 heterocycles. The van der Waals surface area contributed by atoms with Crippen molar-refractivity contribution in [2.24, 2.45) is 4.99 Å². The van der Waals surface area contributed by atoms with Gasteiger partial charge in [0.05, 0.1) is 11.4 Å². The minimum absolute atomic E-state index is 0.0787. The molecule has 2 aliphatic rings. The van der Waals surface area contributed by atoms with Crippen LogP contribution in [0.2, 0.25) is 0 Å². The lowest BCUT2D eigenvalue weighted by Gasteiger charge is -2.24. The fourth-order valence-electron chi connectivity index (χ4n) is 4.73. The van der Waals surface area contributed by atoms with Crippen molar-refractivity contribution in [1.82, 2.24) is 9.21 Å². The third kappa shape index (κ3) is 4.82. The van der Waals surface area contributed by atoms with Gasteiger partial charge in [0.25, 0.3) is 5.91 Å². The Kier molecular flexibility index (Phi) is 6.71. The highest BCUT2D eigenvalue weighted by Crippen LogP contribution is 2.28. The predicted molar refractivity (Wildman–Crippen MR) is 136 cm³/mol. The summed E-state index contributed by atoms with van der Waals surface area (Å²) in [6.45, 7) is 13.1. The van der Waals surface area contributed by atoms with Crippen LogP contribution in [0.25, 0.3) is 0 Å². The van der Waals surface area contributed by atoms with E-state index >= 15 is 0 Å². The van der Waals surface area contributed by atoms with Gasteiger partial charge < -0.3 is 0 Å². The number of aliphatic imine (C=N–C) groups is 1. The number of hydrogen-bond acceptors (Lipinski definition) is 4. The Morgan fingerprint density at radius 1 is 0.971 bits per heavy atom. The Morgan fingerprint density at radius 3 is 2.12 bits per heavy atom. The van der Waals surface area contributed by atoms with E-state index in [9.17, 15) is 13.2 Å². The number of carbonyl (C=O) groups excluding carboxylic acids is 1. The van der Waals surface area contributed by atoms with Gasteiger partial charge in [-0.2, -0.15) is 4.31 Å². The van der Waals surface area contributed by atoms with Crippen molar-refractivity contribution in [3.63, 3.8) is 0 Å². The molecule has 4 rings (SSSR count). The molecule has 2 aliphatic heterocycles. The zero-order chi connectivity index (χ0) is 24.7. The van der Waals surface area contributed by atoms with Crippen molar-refractivity contribution in [2.45, 2.75) is 64.2 Å². The summed E-state index contributed by atoms with van der Waals surface area (Å²) in [4.78, 5) is 19.9. The third-order valence-electron chi connectivity index (χ3n) is 6.88. The van der Waals surface area contributed by atoms with E-state index in [-0.39, 0.29) is 16.2 Å². The molecule has 0 unspecified atom stereocenters. The minimum Gasteiger partial charge on any atom is -0.294 e. The lowest BCUT2D eigenvalue weighted by atomic mass is 9.83. The Balaban J connectivity index is 1.52. The number of hydrogen-bond donors (Lipinski definition) is 0. The molecule has 1 amide bonds. The van der Waals surface area contributed by atoms with Gasteiger partial charge in [-0.15, -0.1) is 0 Å². The number of aryl methyl sites for hydroxylation is 2. The smallest absolute Gasteiger partial charge is 0.259 e. The molecule has 34 heavy (non-hydrogen) atoms. The van der Waals surface area contributed by atoms with E-state index < -0.39 is 10.0 Å². The Labute approximate surface area is 203 Å². The average molecular weight is 482 g/mol. The second kappa shape index (κ2) is 9.27. The molecule has 0 aliphatic carbocycles. The highest BCUT2D eigenvalue weighted by molar-refractivity contribution is 7.89. The topological polar surface area (TPSA) is 70.0 Å². The number of sulfonamides is 1. The van der Waals surface area contributed by atoms with E-state index in [1.54, 1.807) is 29.2 Å². The number of amidine groups is 1. The van der Waals surface area contributed by atoms with E-state index in [0.717, 1.165) is 18.7 Å². The summed E-state index contributed by atoms with van der Waals surface area (Å²) in [6, 6.07) is 10.8. The summed E-state index contributed by atoms with van der Waals surface area (Å²) >= 11 is 0. The van der Waals surface area contributed by atoms with Gasteiger partial charge >= 0.3 is 0 Å². The van der Waals surface area contributed by atoms with Crippen LogP contribution in [0.4, 0.5) is 0 Å². The molecule has 182 valence electrons. The highest BCUT2D eigenvalue weighted by atomic mass is 32.2. The van der Waals surface area contributed by atoms with E-state index in [1.807, 2.05) is 0 Å². The molecule has 0 atom stereocenters. The van der Waals surface area contributed by atoms with Crippen LogP contribution >= 0.6 is 0 Å². The van der Waals surface area contributed by atoms with Crippen molar-refractivity contribution >= 4 is 21.8 Å². The second-order valence-corrected chi connectivity index (χ2v) is 12.3. The molecule has 7 heteroatoms. The Bertz CT molecular complexity index is 1200. The van der Waals surface area contributed by atoms with Crippen LogP contribution in [0.5, 0.6) is 0 Å². The summed E-state index contributed by atoms with van der Waals surface area (Å²) in [6.07, 6.45) is 2.39.